The van der Waals surface area contributed by atoms with E-state index in [1.54, 1.807) is 12.4 Å². The molecule has 3 nitrogen and oxygen atoms in total. The number of rotatable bonds is 5. The number of nitrogens with zero attached hydrogens (tertiary/aromatic N) is 1. The number of aromatic nitrogens is 1. The van der Waals surface area contributed by atoms with E-state index in [0.717, 1.165) is 17.7 Å². The molecule has 3 heteroatoms. The summed E-state index contributed by atoms with van der Waals surface area (Å²) in [5, 5.41) is 10.2. The average Bonchev–Trinajstić information content (AvgIpc) is 2.83. The second-order valence-corrected chi connectivity index (χ2v) is 4.79. The van der Waals surface area contributed by atoms with Gasteiger partial charge in [0.05, 0.1) is 18.9 Å². The zero-order valence-corrected chi connectivity index (χ0v) is 10.4. The molecule has 0 aromatic carbocycles. The lowest BCUT2D eigenvalue weighted by Gasteiger charge is -2.16. The topological polar surface area (TPSA) is 42.4 Å². The molecule has 1 saturated carbocycles. The highest BCUT2D eigenvalue weighted by molar-refractivity contribution is 5.25. The first-order valence-corrected chi connectivity index (χ1v) is 6.55. The SMILES string of the molecule is CCOc1cncc(C(O)CC2CCCC2)c1. The van der Waals surface area contributed by atoms with Gasteiger partial charge in [-0.05, 0) is 25.3 Å². The van der Waals surface area contributed by atoms with Gasteiger partial charge in [-0.15, -0.1) is 0 Å². The molecule has 1 aliphatic rings. The van der Waals surface area contributed by atoms with Crippen molar-refractivity contribution in [1.29, 1.82) is 0 Å². The maximum absolute atomic E-state index is 10.2. The summed E-state index contributed by atoms with van der Waals surface area (Å²) in [6.45, 7) is 2.57. The molecule has 1 aromatic rings. The van der Waals surface area contributed by atoms with Crippen LogP contribution in [0.15, 0.2) is 18.5 Å². The van der Waals surface area contributed by atoms with Crippen molar-refractivity contribution in [3.63, 3.8) is 0 Å². The molecule has 0 aliphatic heterocycles. The number of hydrogen-bond donors (Lipinski definition) is 1. The molecule has 0 radical (unpaired) electrons. The predicted octanol–water partition coefficient (Wildman–Crippen LogP) is 3.09. The highest BCUT2D eigenvalue weighted by atomic mass is 16.5. The first-order valence-electron chi connectivity index (χ1n) is 6.55. The van der Waals surface area contributed by atoms with Crippen LogP contribution in [0.1, 0.15) is 50.7 Å². The van der Waals surface area contributed by atoms with Crippen LogP contribution in [0.25, 0.3) is 0 Å². The van der Waals surface area contributed by atoms with E-state index in [1.807, 2.05) is 13.0 Å². The smallest absolute Gasteiger partial charge is 0.137 e. The van der Waals surface area contributed by atoms with E-state index in [2.05, 4.69) is 4.98 Å². The van der Waals surface area contributed by atoms with Crippen molar-refractivity contribution in [2.75, 3.05) is 6.61 Å². The first kappa shape index (κ1) is 12.4. The van der Waals surface area contributed by atoms with Gasteiger partial charge in [-0.2, -0.15) is 0 Å². The Hall–Kier alpha value is -1.09. The second-order valence-electron chi connectivity index (χ2n) is 4.79. The molecular weight excluding hydrogens is 214 g/mol. The fourth-order valence-electron chi connectivity index (χ4n) is 2.56. The summed E-state index contributed by atoms with van der Waals surface area (Å²) in [5.41, 5.74) is 0.878. The molecule has 1 fully saturated rings. The highest BCUT2D eigenvalue weighted by Gasteiger charge is 2.20. The van der Waals surface area contributed by atoms with E-state index in [4.69, 9.17) is 4.74 Å². The Morgan fingerprint density at radius 3 is 2.88 bits per heavy atom. The number of pyridine rings is 1. The van der Waals surface area contributed by atoms with Crippen molar-refractivity contribution in [2.24, 2.45) is 5.92 Å². The van der Waals surface area contributed by atoms with E-state index in [9.17, 15) is 5.11 Å². The lowest BCUT2D eigenvalue weighted by atomic mass is 9.96. The van der Waals surface area contributed by atoms with Crippen LogP contribution in [-0.2, 0) is 0 Å². The summed E-state index contributed by atoms with van der Waals surface area (Å²) in [6, 6.07) is 1.90. The van der Waals surface area contributed by atoms with E-state index in [-0.39, 0.29) is 0 Å². The minimum atomic E-state index is -0.397. The van der Waals surface area contributed by atoms with Gasteiger partial charge in [-0.1, -0.05) is 25.7 Å². The quantitative estimate of drug-likeness (QED) is 0.852. The Morgan fingerprint density at radius 1 is 1.41 bits per heavy atom. The monoisotopic (exact) mass is 235 g/mol. The average molecular weight is 235 g/mol. The van der Waals surface area contributed by atoms with Crippen molar-refractivity contribution >= 4 is 0 Å². The van der Waals surface area contributed by atoms with Gasteiger partial charge in [0.1, 0.15) is 5.75 Å². The molecule has 1 heterocycles. The molecule has 1 atom stereocenters. The largest absolute Gasteiger partial charge is 0.492 e. The van der Waals surface area contributed by atoms with Gasteiger partial charge in [0.2, 0.25) is 0 Å². The summed E-state index contributed by atoms with van der Waals surface area (Å²) < 4.78 is 5.39. The minimum Gasteiger partial charge on any atom is -0.492 e. The fraction of sp³-hybridized carbons (Fsp3) is 0.643. The third-order valence-electron chi connectivity index (χ3n) is 3.46. The summed E-state index contributed by atoms with van der Waals surface area (Å²) in [4.78, 5) is 4.11. The number of hydrogen-bond acceptors (Lipinski definition) is 3. The molecule has 0 saturated heterocycles. The van der Waals surface area contributed by atoms with Crippen LogP contribution in [0.3, 0.4) is 0 Å². The lowest BCUT2D eigenvalue weighted by Crippen LogP contribution is -2.05. The van der Waals surface area contributed by atoms with Gasteiger partial charge >= 0.3 is 0 Å². The highest BCUT2D eigenvalue weighted by Crippen LogP contribution is 2.33. The normalized spacial score (nSPS) is 18.2. The molecule has 1 aliphatic carbocycles. The van der Waals surface area contributed by atoms with Gasteiger partial charge in [-0.25, -0.2) is 0 Å². The van der Waals surface area contributed by atoms with Crippen molar-refractivity contribution in [2.45, 2.75) is 45.1 Å². The number of ether oxygens (including phenoxy) is 1. The maximum atomic E-state index is 10.2. The van der Waals surface area contributed by atoms with Gasteiger partial charge < -0.3 is 9.84 Å². The van der Waals surface area contributed by atoms with Crippen molar-refractivity contribution < 1.29 is 9.84 Å². The first-order chi connectivity index (χ1) is 8.29. The molecule has 94 valence electrons. The summed E-state index contributed by atoms with van der Waals surface area (Å²) >= 11 is 0. The van der Waals surface area contributed by atoms with E-state index >= 15 is 0 Å². The third-order valence-corrected chi connectivity index (χ3v) is 3.46. The Bertz CT molecular complexity index is 348. The van der Waals surface area contributed by atoms with Crippen molar-refractivity contribution in [3.8, 4) is 5.75 Å². The van der Waals surface area contributed by atoms with Gasteiger partial charge in [0.25, 0.3) is 0 Å². The molecule has 1 N–H and O–H groups in total. The fourth-order valence-corrected chi connectivity index (χ4v) is 2.56. The Morgan fingerprint density at radius 2 is 2.18 bits per heavy atom. The van der Waals surface area contributed by atoms with Crippen LogP contribution in [0.4, 0.5) is 0 Å². The summed E-state index contributed by atoms with van der Waals surface area (Å²) in [6.07, 6.45) is 9.04. The van der Waals surface area contributed by atoms with Gasteiger partial charge in [0.15, 0.2) is 0 Å². The van der Waals surface area contributed by atoms with E-state index < -0.39 is 6.10 Å². The van der Waals surface area contributed by atoms with E-state index in [0.29, 0.717) is 12.5 Å². The number of aliphatic hydroxyl groups is 1. The molecular formula is C14H21NO2. The molecule has 17 heavy (non-hydrogen) atoms. The zero-order chi connectivity index (χ0) is 12.1. The van der Waals surface area contributed by atoms with Crippen molar-refractivity contribution in [1.82, 2.24) is 4.98 Å². The molecule has 1 aromatic heterocycles. The maximum Gasteiger partial charge on any atom is 0.137 e. The number of aliphatic hydroxyl groups excluding tert-OH is 1. The van der Waals surface area contributed by atoms with Crippen LogP contribution in [0.2, 0.25) is 0 Å². The van der Waals surface area contributed by atoms with E-state index in [1.165, 1.54) is 25.7 Å². The van der Waals surface area contributed by atoms with Crippen LogP contribution in [0, 0.1) is 5.92 Å². The second kappa shape index (κ2) is 6.01. The van der Waals surface area contributed by atoms with Gasteiger partial charge in [-0.3, -0.25) is 4.98 Å². The lowest BCUT2D eigenvalue weighted by molar-refractivity contribution is 0.144. The molecule has 2 rings (SSSR count). The zero-order valence-electron chi connectivity index (χ0n) is 10.4. The third kappa shape index (κ3) is 3.43. The van der Waals surface area contributed by atoms with Crippen LogP contribution in [-0.4, -0.2) is 16.7 Å². The summed E-state index contributed by atoms with van der Waals surface area (Å²) in [7, 11) is 0. The molecule has 0 amide bonds. The Kier molecular flexibility index (Phi) is 4.37. The van der Waals surface area contributed by atoms with Crippen molar-refractivity contribution in [3.05, 3.63) is 24.0 Å². The molecule has 1 unspecified atom stereocenters. The Balaban J connectivity index is 1.97. The van der Waals surface area contributed by atoms with Crippen LogP contribution < -0.4 is 4.74 Å². The van der Waals surface area contributed by atoms with Gasteiger partial charge in [0, 0.05) is 11.8 Å². The molecule has 0 bridgehead atoms. The molecule has 0 spiro atoms. The summed E-state index contributed by atoms with van der Waals surface area (Å²) in [5.74, 6) is 1.43. The minimum absolute atomic E-state index is 0.397. The predicted molar refractivity (Wildman–Crippen MR) is 66.9 cm³/mol. The Labute approximate surface area is 103 Å². The standard InChI is InChI=1S/C14H21NO2/c1-2-17-13-8-12(9-15-10-13)14(16)7-11-5-3-4-6-11/h8-11,14,16H,2-7H2,1H3. The van der Waals surface area contributed by atoms with Crippen LogP contribution in [0.5, 0.6) is 5.75 Å². The van der Waals surface area contributed by atoms with Crippen LogP contribution >= 0.6 is 0 Å².